The number of non-ortho nitro benzene ring substituents is 1. The lowest BCUT2D eigenvalue weighted by Crippen LogP contribution is -2.07. The van der Waals surface area contributed by atoms with Gasteiger partial charge in [-0.05, 0) is 25.0 Å². The van der Waals surface area contributed by atoms with E-state index in [2.05, 4.69) is 12.0 Å². The smallest absolute Gasteiger partial charge is 0.304 e. The highest BCUT2D eigenvalue weighted by Gasteiger charge is 2.14. The van der Waals surface area contributed by atoms with Gasteiger partial charge in [-0.1, -0.05) is 0 Å². The molecule has 0 aliphatic heterocycles. The quantitative estimate of drug-likeness (QED) is 0.360. The van der Waals surface area contributed by atoms with E-state index in [1.807, 2.05) is 0 Å². The van der Waals surface area contributed by atoms with Crippen LogP contribution in [-0.4, -0.2) is 17.5 Å². The summed E-state index contributed by atoms with van der Waals surface area (Å²) in [6.45, 7) is 3.46. The van der Waals surface area contributed by atoms with E-state index in [0.29, 0.717) is 12.2 Å². The summed E-state index contributed by atoms with van der Waals surface area (Å²) in [5, 5.41) is 10.5. The van der Waals surface area contributed by atoms with Crippen LogP contribution >= 0.6 is 0 Å². The first-order valence-electron chi connectivity index (χ1n) is 5.58. The average molecular weight is 263 g/mol. The van der Waals surface area contributed by atoms with Crippen molar-refractivity contribution < 1.29 is 19.2 Å². The molecule has 6 nitrogen and oxygen atoms in total. The Hall–Kier alpha value is -2.55. The van der Waals surface area contributed by atoms with E-state index in [1.165, 1.54) is 31.2 Å². The molecule has 1 atom stereocenters. The van der Waals surface area contributed by atoms with Crippen LogP contribution in [0.2, 0.25) is 0 Å². The Morgan fingerprint density at radius 1 is 1.42 bits per heavy atom. The molecule has 0 bridgehead atoms. The van der Waals surface area contributed by atoms with E-state index < -0.39 is 17.0 Å². The second kappa shape index (κ2) is 7.01. The summed E-state index contributed by atoms with van der Waals surface area (Å²) in [6.07, 6.45) is 1.61. The third-order valence-corrected chi connectivity index (χ3v) is 2.10. The number of ether oxygens (including phenoxy) is 2. The summed E-state index contributed by atoms with van der Waals surface area (Å²) < 4.78 is 9.89. The van der Waals surface area contributed by atoms with E-state index in [0.717, 1.165) is 0 Å². The number of esters is 1. The molecule has 0 aliphatic carbocycles. The number of hydrogen-bond donors (Lipinski definition) is 0. The molecule has 100 valence electrons. The van der Waals surface area contributed by atoms with Crippen LogP contribution in [0.3, 0.4) is 0 Å². The van der Waals surface area contributed by atoms with Crippen LogP contribution in [0, 0.1) is 22.1 Å². The topological polar surface area (TPSA) is 78.7 Å². The molecule has 0 N–H and O–H groups in total. The van der Waals surface area contributed by atoms with Crippen molar-refractivity contribution in [3.63, 3.8) is 0 Å². The molecule has 1 aromatic rings. The van der Waals surface area contributed by atoms with Crippen LogP contribution in [0.15, 0.2) is 24.3 Å². The van der Waals surface area contributed by atoms with E-state index in [4.69, 9.17) is 9.47 Å². The monoisotopic (exact) mass is 263 g/mol. The highest BCUT2D eigenvalue weighted by Crippen LogP contribution is 2.20. The zero-order valence-electron chi connectivity index (χ0n) is 10.6. The standard InChI is InChI=1S/C13H13NO5/c1-3-18-9-8-13(19-10(2)15)11-4-6-12(7-5-11)14(16)17/h4-7,13H,3H2,1-2H3. The lowest BCUT2D eigenvalue weighted by Gasteiger charge is -2.10. The number of rotatable bonds is 4. The number of carbonyl (C=O) groups excluding carboxylic acids is 1. The largest absolute Gasteiger partial charge is 0.447 e. The van der Waals surface area contributed by atoms with Crippen molar-refractivity contribution in [1.82, 2.24) is 0 Å². The van der Waals surface area contributed by atoms with Crippen molar-refractivity contribution in [3.05, 3.63) is 39.9 Å². The van der Waals surface area contributed by atoms with Gasteiger partial charge < -0.3 is 9.47 Å². The van der Waals surface area contributed by atoms with Gasteiger partial charge in [0.2, 0.25) is 0 Å². The van der Waals surface area contributed by atoms with Gasteiger partial charge in [0, 0.05) is 24.6 Å². The minimum Gasteiger partial charge on any atom is -0.447 e. The molecule has 0 fully saturated rings. The molecule has 0 aliphatic rings. The second-order valence-electron chi connectivity index (χ2n) is 3.52. The highest BCUT2D eigenvalue weighted by molar-refractivity contribution is 5.66. The predicted molar refractivity (Wildman–Crippen MR) is 67.0 cm³/mol. The summed E-state index contributed by atoms with van der Waals surface area (Å²) in [6, 6.07) is 5.64. The van der Waals surface area contributed by atoms with Gasteiger partial charge in [-0.2, -0.15) is 0 Å². The van der Waals surface area contributed by atoms with Gasteiger partial charge in [-0.15, -0.1) is 0 Å². The van der Waals surface area contributed by atoms with Crippen molar-refractivity contribution in [2.75, 3.05) is 6.61 Å². The third-order valence-electron chi connectivity index (χ3n) is 2.10. The molecule has 0 heterocycles. The van der Waals surface area contributed by atoms with Crippen LogP contribution in [0.4, 0.5) is 5.69 Å². The zero-order chi connectivity index (χ0) is 14.3. The summed E-state index contributed by atoms with van der Waals surface area (Å²) in [4.78, 5) is 21.0. The maximum Gasteiger partial charge on any atom is 0.304 e. The Bertz CT molecular complexity index is 512. The van der Waals surface area contributed by atoms with Crippen LogP contribution < -0.4 is 0 Å². The van der Waals surface area contributed by atoms with E-state index >= 15 is 0 Å². The first kappa shape index (κ1) is 14.5. The van der Waals surface area contributed by atoms with Crippen molar-refractivity contribution in [2.24, 2.45) is 0 Å². The molecule has 0 aromatic heterocycles. The molecule has 1 unspecified atom stereocenters. The number of nitro benzene ring substituents is 1. The van der Waals surface area contributed by atoms with Gasteiger partial charge in [0.15, 0.2) is 6.10 Å². The number of nitrogens with zero attached hydrogens (tertiary/aromatic N) is 1. The van der Waals surface area contributed by atoms with Crippen LogP contribution in [0.1, 0.15) is 25.5 Å². The molecule has 1 rings (SSSR count). The molecule has 0 saturated heterocycles. The normalized spacial score (nSPS) is 10.8. The molecular formula is C13H13NO5. The molecule has 0 amide bonds. The van der Waals surface area contributed by atoms with Crippen LogP contribution in [0.25, 0.3) is 0 Å². The summed E-state index contributed by atoms with van der Waals surface area (Å²) in [7, 11) is 0. The summed E-state index contributed by atoms with van der Waals surface area (Å²) in [5.41, 5.74) is 0.510. The van der Waals surface area contributed by atoms with Crippen molar-refractivity contribution >= 4 is 11.7 Å². The van der Waals surface area contributed by atoms with Gasteiger partial charge in [0.1, 0.15) is 6.11 Å². The average Bonchev–Trinajstić information content (AvgIpc) is 2.37. The summed E-state index contributed by atoms with van der Waals surface area (Å²) in [5.74, 6) is 2.14. The second-order valence-corrected chi connectivity index (χ2v) is 3.52. The van der Waals surface area contributed by atoms with Gasteiger partial charge in [0.05, 0.1) is 11.5 Å². The predicted octanol–water partition coefficient (Wildman–Crippen LogP) is 2.20. The van der Waals surface area contributed by atoms with Gasteiger partial charge in [0.25, 0.3) is 5.69 Å². The van der Waals surface area contributed by atoms with Gasteiger partial charge in [-0.3, -0.25) is 14.9 Å². The first-order chi connectivity index (χ1) is 9.04. The molecule has 0 saturated carbocycles. The fraction of sp³-hybridized carbons (Fsp3) is 0.308. The van der Waals surface area contributed by atoms with Crippen LogP contribution in [0.5, 0.6) is 0 Å². The first-order valence-corrected chi connectivity index (χ1v) is 5.58. The minimum atomic E-state index is -0.801. The van der Waals surface area contributed by atoms with Gasteiger partial charge >= 0.3 is 5.97 Å². The number of nitro groups is 1. The number of benzene rings is 1. The minimum absolute atomic E-state index is 0.0388. The lowest BCUT2D eigenvalue weighted by molar-refractivity contribution is -0.384. The zero-order valence-corrected chi connectivity index (χ0v) is 10.6. The molecule has 0 radical (unpaired) electrons. The Morgan fingerprint density at radius 2 is 2.05 bits per heavy atom. The van der Waals surface area contributed by atoms with E-state index in [-0.39, 0.29) is 5.69 Å². The Morgan fingerprint density at radius 3 is 2.53 bits per heavy atom. The number of hydrogen-bond acceptors (Lipinski definition) is 5. The SMILES string of the molecule is CCOC#CC(OC(C)=O)c1ccc([N+](=O)[O-])cc1. The Kier molecular flexibility index (Phi) is 5.35. The maximum atomic E-state index is 11.0. The van der Waals surface area contributed by atoms with Crippen molar-refractivity contribution in [3.8, 4) is 12.0 Å². The molecule has 19 heavy (non-hydrogen) atoms. The van der Waals surface area contributed by atoms with E-state index in [1.54, 1.807) is 6.92 Å². The molecule has 6 heteroatoms. The number of carbonyl (C=O) groups is 1. The van der Waals surface area contributed by atoms with Crippen LogP contribution in [-0.2, 0) is 14.3 Å². The molecule has 1 aromatic carbocycles. The highest BCUT2D eigenvalue weighted by atomic mass is 16.6. The fourth-order valence-corrected chi connectivity index (χ4v) is 1.28. The van der Waals surface area contributed by atoms with Crippen molar-refractivity contribution in [1.29, 1.82) is 0 Å². The third kappa shape index (κ3) is 4.68. The van der Waals surface area contributed by atoms with E-state index in [9.17, 15) is 14.9 Å². The maximum absolute atomic E-state index is 11.0. The Balaban J connectivity index is 2.94. The van der Waals surface area contributed by atoms with Crippen molar-refractivity contribution in [2.45, 2.75) is 20.0 Å². The Labute approximate surface area is 110 Å². The van der Waals surface area contributed by atoms with Gasteiger partial charge in [-0.25, -0.2) is 0 Å². The fourth-order valence-electron chi connectivity index (χ4n) is 1.28. The molecular weight excluding hydrogens is 250 g/mol. The molecule has 0 spiro atoms. The summed E-state index contributed by atoms with van der Waals surface area (Å²) >= 11 is 0. The lowest BCUT2D eigenvalue weighted by atomic mass is 10.1.